The summed E-state index contributed by atoms with van der Waals surface area (Å²) in [6.45, 7) is 0.478. The Hall–Kier alpha value is -1.89. The van der Waals surface area contributed by atoms with E-state index in [0.717, 1.165) is 19.3 Å². The molecule has 1 aliphatic carbocycles. The molecular formula is C18H19ClN2O3S. The first kappa shape index (κ1) is 17.9. The zero-order valence-corrected chi connectivity index (χ0v) is 15.1. The van der Waals surface area contributed by atoms with E-state index in [4.69, 9.17) is 16.7 Å². The second-order valence-corrected chi connectivity index (χ2v) is 8.34. The summed E-state index contributed by atoms with van der Waals surface area (Å²) in [5, 5.41) is 8.21. The summed E-state index contributed by atoms with van der Waals surface area (Å²) in [5.74, 6) is -0.405. The Bertz CT molecular complexity index is 894. The van der Waals surface area contributed by atoms with E-state index in [1.807, 2.05) is 18.2 Å². The number of nitrogens with one attached hydrogen (secondary N) is 1. The lowest BCUT2D eigenvalue weighted by Crippen LogP contribution is -2.45. The molecule has 0 aromatic heterocycles. The van der Waals surface area contributed by atoms with Crippen molar-refractivity contribution in [2.45, 2.75) is 29.6 Å². The van der Waals surface area contributed by atoms with E-state index in [2.05, 4.69) is 17.4 Å². The molecule has 1 saturated carbocycles. The van der Waals surface area contributed by atoms with Crippen LogP contribution in [0.25, 0.3) is 0 Å². The van der Waals surface area contributed by atoms with Gasteiger partial charge >= 0.3 is 0 Å². The molecule has 0 radical (unpaired) electrons. The molecule has 1 fully saturated rings. The van der Waals surface area contributed by atoms with Crippen LogP contribution in [0.2, 0.25) is 5.02 Å². The molecule has 7 heteroatoms. The lowest BCUT2D eigenvalue weighted by Gasteiger charge is -2.42. The number of primary sulfonamides is 1. The third-order valence-electron chi connectivity index (χ3n) is 4.80. The Morgan fingerprint density at radius 3 is 2.40 bits per heavy atom. The fraction of sp³-hybridized carbons (Fsp3) is 0.278. The van der Waals surface area contributed by atoms with Gasteiger partial charge in [-0.1, -0.05) is 48.4 Å². The summed E-state index contributed by atoms with van der Waals surface area (Å²) in [4.78, 5) is 12.4. The van der Waals surface area contributed by atoms with Crippen LogP contribution in [-0.2, 0) is 15.4 Å². The van der Waals surface area contributed by atoms with Crippen LogP contribution >= 0.6 is 11.6 Å². The number of halogens is 1. The predicted octanol–water partition coefficient (Wildman–Crippen LogP) is 2.84. The topological polar surface area (TPSA) is 89.3 Å². The summed E-state index contributed by atoms with van der Waals surface area (Å²) in [6.07, 6.45) is 3.12. The monoisotopic (exact) mass is 378 g/mol. The SMILES string of the molecule is NS(=O)(=O)c1ccc(Cl)c(C(=O)NCC2(c3ccccc3)CCC2)c1. The lowest BCUT2D eigenvalue weighted by molar-refractivity contribution is 0.0928. The second-order valence-electron chi connectivity index (χ2n) is 6.37. The maximum absolute atomic E-state index is 12.5. The summed E-state index contributed by atoms with van der Waals surface area (Å²) in [6, 6.07) is 13.9. The van der Waals surface area contributed by atoms with Crippen LogP contribution in [-0.4, -0.2) is 20.9 Å². The van der Waals surface area contributed by atoms with Crippen molar-refractivity contribution >= 4 is 27.5 Å². The Morgan fingerprint density at radius 1 is 1.16 bits per heavy atom. The first-order valence-corrected chi connectivity index (χ1v) is 9.90. The molecule has 3 rings (SSSR count). The van der Waals surface area contributed by atoms with Gasteiger partial charge in [-0.05, 0) is 36.6 Å². The van der Waals surface area contributed by atoms with Gasteiger partial charge in [-0.3, -0.25) is 4.79 Å². The molecule has 1 amide bonds. The fourth-order valence-electron chi connectivity index (χ4n) is 3.16. The van der Waals surface area contributed by atoms with Crippen molar-refractivity contribution in [3.05, 3.63) is 64.7 Å². The number of hydrogen-bond acceptors (Lipinski definition) is 3. The molecular weight excluding hydrogens is 360 g/mol. The van der Waals surface area contributed by atoms with E-state index in [9.17, 15) is 13.2 Å². The average molecular weight is 379 g/mol. The van der Waals surface area contributed by atoms with Crippen molar-refractivity contribution in [3.8, 4) is 0 Å². The van der Waals surface area contributed by atoms with Gasteiger partial charge < -0.3 is 5.32 Å². The normalized spacial score (nSPS) is 16.1. The maximum atomic E-state index is 12.5. The summed E-state index contributed by atoms with van der Waals surface area (Å²) >= 11 is 6.06. The number of hydrogen-bond donors (Lipinski definition) is 2. The number of amides is 1. The second kappa shape index (κ2) is 6.78. The van der Waals surface area contributed by atoms with Gasteiger partial charge in [0.2, 0.25) is 10.0 Å². The molecule has 132 valence electrons. The number of carbonyl (C=O) groups is 1. The molecule has 2 aromatic rings. The molecule has 2 aromatic carbocycles. The van der Waals surface area contributed by atoms with Crippen LogP contribution in [0.5, 0.6) is 0 Å². The van der Waals surface area contributed by atoms with Gasteiger partial charge in [0.15, 0.2) is 0 Å². The van der Waals surface area contributed by atoms with Crippen molar-refractivity contribution in [2.24, 2.45) is 5.14 Å². The van der Waals surface area contributed by atoms with Gasteiger partial charge in [0, 0.05) is 12.0 Å². The predicted molar refractivity (Wildman–Crippen MR) is 97.1 cm³/mol. The first-order chi connectivity index (χ1) is 11.8. The highest BCUT2D eigenvalue weighted by molar-refractivity contribution is 7.89. The minimum atomic E-state index is -3.89. The molecule has 0 saturated heterocycles. The van der Waals surface area contributed by atoms with Crippen LogP contribution in [0.3, 0.4) is 0 Å². The molecule has 25 heavy (non-hydrogen) atoms. The molecule has 0 unspecified atom stereocenters. The molecule has 0 atom stereocenters. The third kappa shape index (κ3) is 3.71. The zero-order valence-electron chi connectivity index (χ0n) is 13.5. The van der Waals surface area contributed by atoms with Crippen molar-refractivity contribution in [3.63, 3.8) is 0 Å². The van der Waals surface area contributed by atoms with Gasteiger partial charge in [0.05, 0.1) is 15.5 Å². The largest absolute Gasteiger partial charge is 0.351 e. The highest BCUT2D eigenvalue weighted by Gasteiger charge is 2.38. The van der Waals surface area contributed by atoms with Gasteiger partial charge in [0.1, 0.15) is 0 Å². The van der Waals surface area contributed by atoms with E-state index in [0.29, 0.717) is 6.54 Å². The van der Waals surface area contributed by atoms with Crippen molar-refractivity contribution < 1.29 is 13.2 Å². The Balaban J connectivity index is 1.79. The Kier molecular flexibility index (Phi) is 4.86. The Morgan fingerprint density at radius 2 is 1.84 bits per heavy atom. The van der Waals surface area contributed by atoms with Gasteiger partial charge in [0.25, 0.3) is 5.91 Å². The lowest BCUT2D eigenvalue weighted by atomic mass is 9.64. The van der Waals surface area contributed by atoms with Gasteiger partial charge in [-0.25, -0.2) is 13.6 Å². The van der Waals surface area contributed by atoms with Crippen LogP contribution in [0.15, 0.2) is 53.4 Å². The minimum Gasteiger partial charge on any atom is -0.351 e. The number of carbonyl (C=O) groups excluding carboxylic acids is 1. The van der Waals surface area contributed by atoms with Crippen LogP contribution < -0.4 is 10.5 Å². The summed E-state index contributed by atoms with van der Waals surface area (Å²) in [5.41, 5.74) is 1.24. The number of nitrogens with two attached hydrogens (primary N) is 1. The molecule has 3 N–H and O–H groups in total. The number of rotatable bonds is 5. The van der Waals surface area contributed by atoms with E-state index >= 15 is 0 Å². The third-order valence-corrected chi connectivity index (χ3v) is 6.04. The smallest absolute Gasteiger partial charge is 0.252 e. The standard InChI is InChI=1S/C18H19ClN2O3S/c19-16-8-7-14(25(20,23)24)11-15(16)17(22)21-12-18(9-4-10-18)13-5-2-1-3-6-13/h1-3,5-8,11H,4,9-10,12H2,(H,21,22)(H2,20,23,24). The van der Waals surface area contributed by atoms with Crippen LogP contribution in [0, 0.1) is 0 Å². The van der Waals surface area contributed by atoms with Crippen LogP contribution in [0.1, 0.15) is 35.2 Å². The number of benzene rings is 2. The maximum Gasteiger partial charge on any atom is 0.252 e. The molecule has 1 aliphatic rings. The average Bonchev–Trinajstić information content (AvgIpc) is 2.54. The highest BCUT2D eigenvalue weighted by atomic mass is 35.5. The van der Waals surface area contributed by atoms with Crippen LogP contribution in [0.4, 0.5) is 0 Å². The molecule has 0 aliphatic heterocycles. The quantitative estimate of drug-likeness (QED) is 0.838. The fourth-order valence-corrected chi connectivity index (χ4v) is 3.91. The molecule has 5 nitrogen and oxygen atoms in total. The van der Waals surface area contributed by atoms with E-state index < -0.39 is 15.9 Å². The van der Waals surface area contributed by atoms with Crippen molar-refractivity contribution in [1.29, 1.82) is 0 Å². The van der Waals surface area contributed by atoms with Crippen molar-refractivity contribution in [2.75, 3.05) is 6.54 Å². The minimum absolute atomic E-state index is 0.0685. The Labute approximate surface area is 152 Å². The van der Waals surface area contributed by atoms with E-state index in [1.54, 1.807) is 0 Å². The van der Waals surface area contributed by atoms with Gasteiger partial charge in [-0.2, -0.15) is 0 Å². The first-order valence-electron chi connectivity index (χ1n) is 7.98. The summed E-state index contributed by atoms with van der Waals surface area (Å²) in [7, 11) is -3.89. The number of sulfonamides is 1. The van der Waals surface area contributed by atoms with E-state index in [1.165, 1.54) is 23.8 Å². The molecule has 0 spiro atoms. The molecule has 0 heterocycles. The zero-order chi connectivity index (χ0) is 18.1. The summed E-state index contributed by atoms with van der Waals surface area (Å²) < 4.78 is 23.0. The van der Waals surface area contributed by atoms with Crippen molar-refractivity contribution in [1.82, 2.24) is 5.32 Å². The van der Waals surface area contributed by atoms with Gasteiger partial charge in [-0.15, -0.1) is 0 Å². The molecule has 0 bridgehead atoms. The highest BCUT2D eigenvalue weighted by Crippen LogP contribution is 2.43. The van der Waals surface area contributed by atoms with E-state index in [-0.39, 0.29) is 20.9 Å².